The van der Waals surface area contributed by atoms with E-state index in [1.807, 2.05) is 26.0 Å². The van der Waals surface area contributed by atoms with Gasteiger partial charge in [0.25, 0.3) is 0 Å². The lowest BCUT2D eigenvalue weighted by molar-refractivity contribution is -0.112. The smallest absolute Gasteiger partial charge is 0.169 e. The van der Waals surface area contributed by atoms with Crippen LogP contribution in [0.5, 0.6) is 0 Å². The van der Waals surface area contributed by atoms with Crippen molar-refractivity contribution < 1.29 is 9.21 Å². The van der Waals surface area contributed by atoms with Crippen LogP contribution in [0.3, 0.4) is 0 Å². The van der Waals surface area contributed by atoms with Gasteiger partial charge < -0.3 is 9.21 Å². The van der Waals surface area contributed by atoms with Crippen LogP contribution in [0.2, 0.25) is 0 Å². The second-order valence-corrected chi connectivity index (χ2v) is 4.24. The molecule has 0 amide bonds. The predicted molar refractivity (Wildman–Crippen MR) is 54.5 cm³/mol. The Morgan fingerprint density at radius 3 is 2.62 bits per heavy atom. The summed E-state index contributed by atoms with van der Waals surface area (Å²) in [5, 5.41) is 0. The summed E-state index contributed by atoms with van der Waals surface area (Å²) < 4.78 is 6.04. The molecule has 0 aromatic carbocycles. The van der Waals surface area contributed by atoms with Crippen molar-refractivity contribution in [2.75, 3.05) is 0 Å². The highest BCUT2D eigenvalue weighted by atomic mass is 79.9. The maximum Gasteiger partial charge on any atom is 0.169 e. The van der Waals surface area contributed by atoms with Gasteiger partial charge in [-0.05, 0) is 34.0 Å². The summed E-state index contributed by atoms with van der Waals surface area (Å²) in [7, 11) is 0. The van der Waals surface area contributed by atoms with Crippen LogP contribution in [-0.4, -0.2) is 6.29 Å². The normalized spacial score (nSPS) is 13.2. The van der Waals surface area contributed by atoms with Crippen molar-refractivity contribution >= 4 is 22.2 Å². The Kier molecular flexibility index (Phi) is 3.72. The molecule has 0 fully saturated rings. The van der Waals surface area contributed by atoms with E-state index in [1.54, 1.807) is 0 Å². The highest BCUT2D eigenvalue weighted by molar-refractivity contribution is 9.10. The van der Waals surface area contributed by atoms with Crippen molar-refractivity contribution in [2.24, 2.45) is 11.8 Å². The topological polar surface area (TPSA) is 30.2 Å². The van der Waals surface area contributed by atoms with Gasteiger partial charge in [0.2, 0.25) is 0 Å². The van der Waals surface area contributed by atoms with Crippen LogP contribution in [-0.2, 0) is 11.2 Å². The first kappa shape index (κ1) is 10.5. The van der Waals surface area contributed by atoms with Gasteiger partial charge in [0.15, 0.2) is 4.67 Å². The Hall–Kier alpha value is -0.570. The molecule has 1 unspecified atom stereocenters. The fourth-order valence-electron chi connectivity index (χ4n) is 1.13. The summed E-state index contributed by atoms with van der Waals surface area (Å²) in [5.41, 5.74) is 0. The van der Waals surface area contributed by atoms with E-state index in [0.717, 1.165) is 16.7 Å². The van der Waals surface area contributed by atoms with Crippen LogP contribution in [0.4, 0.5) is 0 Å². The minimum absolute atomic E-state index is 0.0537. The maximum atomic E-state index is 10.7. The zero-order chi connectivity index (χ0) is 9.84. The highest BCUT2D eigenvalue weighted by Gasteiger charge is 2.14. The molecule has 0 N–H and O–H groups in total. The molecule has 0 bridgehead atoms. The molecule has 1 aromatic heterocycles. The predicted octanol–water partition coefficient (Wildman–Crippen LogP) is 3.06. The van der Waals surface area contributed by atoms with Crippen molar-refractivity contribution in [3.05, 3.63) is 22.6 Å². The number of hydrogen-bond acceptors (Lipinski definition) is 2. The average molecular weight is 245 g/mol. The van der Waals surface area contributed by atoms with Gasteiger partial charge in [0.05, 0.1) is 0 Å². The summed E-state index contributed by atoms with van der Waals surface area (Å²) in [6.07, 6.45) is 1.69. The maximum absolute atomic E-state index is 10.7. The first-order valence-corrected chi connectivity index (χ1v) is 5.12. The quantitative estimate of drug-likeness (QED) is 0.763. The van der Waals surface area contributed by atoms with E-state index in [9.17, 15) is 4.79 Å². The van der Waals surface area contributed by atoms with Gasteiger partial charge in [-0.3, -0.25) is 0 Å². The van der Waals surface area contributed by atoms with Crippen molar-refractivity contribution in [2.45, 2.75) is 20.3 Å². The van der Waals surface area contributed by atoms with E-state index < -0.39 is 0 Å². The molecule has 1 rings (SSSR count). The Morgan fingerprint density at radius 1 is 1.54 bits per heavy atom. The van der Waals surface area contributed by atoms with E-state index in [4.69, 9.17) is 4.42 Å². The van der Waals surface area contributed by atoms with Crippen LogP contribution in [0.1, 0.15) is 19.6 Å². The molecule has 3 heteroatoms. The largest absolute Gasteiger partial charge is 0.454 e. The second-order valence-electron chi connectivity index (χ2n) is 3.45. The third-order valence-electron chi connectivity index (χ3n) is 2.10. The Balaban J connectivity index is 2.61. The summed E-state index contributed by atoms with van der Waals surface area (Å²) >= 11 is 3.23. The highest BCUT2D eigenvalue weighted by Crippen LogP contribution is 2.19. The van der Waals surface area contributed by atoms with E-state index in [1.165, 1.54) is 0 Å². The van der Waals surface area contributed by atoms with Crippen molar-refractivity contribution in [3.8, 4) is 0 Å². The van der Waals surface area contributed by atoms with Crippen molar-refractivity contribution in [3.63, 3.8) is 0 Å². The molecule has 1 aromatic rings. The molecule has 0 aliphatic heterocycles. The van der Waals surface area contributed by atoms with Gasteiger partial charge in [0.1, 0.15) is 12.0 Å². The lowest BCUT2D eigenvalue weighted by atomic mass is 9.93. The molecule has 0 radical (unpaired) electrons. The van der Waals surface area contributed by atoms with Crippen LogP contribution < -0.4 is 0 Å². The minimum atomic E-state index is 0.0537. The third-order valence-corrected chi connectivity index (χ3v) is 2.52. The summed E-state index contributed by atoms with van der Waals surface area (Å²) in [6, 6.07) is 3.74. The van der Waals surface area contributed by atoms with Crippen LogP contribution in [0.25, 0.3) is 0 Å². The van der Waals surface area contributed by atoms with Gasteiger partial charge in [0, 0.05) is 12.3 Å². The minimum Gasteiger partial charge on any atom is -0.454 e. The first-order chi connectivity index (χ1) is 6.13. The molecule has 0 saturated carbocycles. The van der Waals surface area contributed by atoms with E-state index >= 15 is 0 Å². The molecular weight excluding hydrogens is 232 g/mol. The van der Waals surface area contributed by atoms with Gasteiger partial charge in [-0.2, -0.15) is 0 Å². The van der Waals surface area contributed by atoms with Gasteiger partial charge in [-0.25, -0.2) is 0 Å². The fourth-order valence-corrected chi connectivity index (χ4v) is 1.47. The van der Waals surface area contributed by atoms with Gasteiger partial charge in [-0.1, -0.05) is 13.8 Å². The van der Waals surface area contributed by atoms with Crippen LogP contribution in [0.15, 0.2) is 21.2 Å². The number of rotatable bonds is 4. The van der Waals surface area contributed by atoms with Gasteiger partial charge in [-0.15, -0.1) is 0 Å². The Labute approximate surface area is 86.4 Å². The Bertz CT molecular complexity index is 278. The summed E-state index contributed by atoms with van der Waals surface area (Å²) in [4.78, 5) is 10.7. The number of aldehydes is 1. The molecule has 2 nitrogen and oxygen atoms in total. The van der Waals surface area contributed by atoms with Crippen LogP contribution >= 0.6 is 15.9 Å². The number of hydrogen-bond donors (Lipinski definition) is 0. The third kappa shape index (κ3) is 2.99. The number of carbonyl (C=O) groups is 1. The SMILES string of the molecule is CC(C)C(C=O)Cc1ccc(Br)o1. The molecule has 13 heavy (non-hydrogen) atoms. The molecule has 0 aliphatic rings. The van der Waals surface area contributed by atoms with E-state index in [2.05, 4.69) is 15.9 Å². The number of carbonyl (C=O) groups excluding carboxylic acids is 1. The number of halogens is 1. The molecule has 1 heterocycles. The van der Waals surface area contributed by atoms with E-state index in [-0.39, 0.29) is 5.92 Å². The molecule has 72 valence electrons. The molecule has 1 atom stereocenters. The van der Waals surface area contributed by atoms with Crippen LogP contribution in [0, 0.1) is 11.8 Å². The fraction of sp³-hybridized carbons (Fsp3) is 0.500. The second kappa shape index (κ2) is 4.61. The molecule has 0 saturated heterocycles. The van der Waals surface area contributed by atoms with Crippen molar-refractivity contribution in [1.82, 2.24) is 0 Å². The Morgan fingerprint density at radius 2 is 2.23 bits per heavy atom. The van der Waals surface area contributed by atoms with E-state index in [0.29, 0.717) is 12.3 Å². The molecular formula is C10H13BrO2. The first-order valence-electron chi connectivity index (χ1n) is 4.33. The summed E-state index contributed by atoms with van der Waals surface area (Å²) in [6.45, 7) is 4.08. The standard InChI is InChI=1S/C10H13BrO2/c1-7(2)8(6-12)5-9-3-4-10(11)13-9/h3-4,6-8H,5H2,1-2H3. The van der Waals surface area contributed by atoms with Gasteiger partial charge >= 0.3 is 0 Å². The zero-order valence-electron chi connectivity index (χ0n) is 7.79. The number of furan rings is 1. The van der Waals surface area contributed by atoms with Crippen molar-refractivity contribution in [1.29, 1.82) is 0 Å². The monoisotopic (exact) mass is 244 g/mol. The average Bonchev–Trinajstić information content (AvgIpc) is 2.46. The molecule has 0 aliphatic carbocycles. The summed E-state index contributed by atoms with van der Waals surface area (Å²) in [5.74, 6) is 1.28. The molecule has 0 spiro atoms. The lowest BCUT2D eigenvalue weighted by Crippen LogP contribution is -2.12. The zero-order valence-corrected chi connectivity index (χ0v) is 9.37. The lowest BCUT2D eigenvalue weighted by Gasteiger charge is -2.11.